The molecular weight excluding hydrogens is 703 g/mol. The van der Waals surface area contributed by atoms with E-state index in [9.17, 15) is 0 Å². The fourth-order valence-corrected chi connectivity index (χ4v) is 9.79. The average Bonchev–Trinajstić information content (AvgIpc) is 3.74. The molecule has 1 aliphatic carbocycles. The molecule has 0 fully saturated rings. The summed E-state index contributed by atoms with van der Waals surface area (Å²) in [4.78, 5) is 9.59. The second-order valence-corrected chi connectivity index (χ2v) is 16.2. The summed E-state index contributed by atoms with van der Waals surface area (Å²) >= 11 is 0. The molecule has 0 radical (unpaired) electrons. The van der Waals surface area contributed by atoms with Crippen molar-refractivity contribution in [1.29, 1.82) is 0 Å². The first-order valence-corrected chi connectivity index (χ1v) is 20.1. The minimum atomic E-state index is -0.165. The molecule has 3 nitrogen and oxygen atoms in total. The molecule has 58 heavy (non-hydrogen) atoms. The van der Waals surface area contributed by atoms with Gasteiger partial charge in [-0.1, -0.05) is 141 Å². The van der Waals surface area contributed by atoms with Crippen molar-refractivity contribution in [2.45, 2.75) is 19.3 Å². The first-order valence-electron chi connectivity index (χ1n) is 20.1. The second kappa shape index (κ2) is 12.3. The van der Waals surface area contributed by atoms with Gasteiger partial charge in [-0.3, -0.25) is 9.97 Å². The largest absolute Gasteiger partial charge is 0.309 e. The zero-order valence-electron chi connectivity index (χ0n) is 32.2. The lowest BCUT2D eigenvalue weighted by Gasteiger charge is -2.23. The molecule has 9 aromatic carbocycles. The zero-order valence-corrected chi connectivity index (χ0v) is 32.2. The van der Waals surface area contributed by atoms with Gasteiger partial charge >= 0.3 is 0 Å². The monoisotopic (exact) mass is 739 g/mol. The van der Waals surface area contributed by atoms with Gasteiger partial charge in [-0.15, -0.1) is 0 Å². The SMILES string of the molecule is CC1(C)c2cc(-c3cccc(-c4ccc(-n5c6ccccc6c6ccccc65)cc4)c3)ccc2-c2ccc(-c3ccc4c5ccccc5c5nccnc5c4c3)cc21. The number of rotatable bonds is 4. The van der Waals surface area contributed by atoms with Crippen LogP contribution >= 0.6 is 0 Å². The summed E-state index contributed by atoms with van der Waals surface area (Å²) in [5.74, 6) is 0. The normalized spacial score (nSPS) is 13.1. The summed E-state index contributed by atoms with van der Waals surface area (Å²) in [5, 5.41) is 7.23. The van der Waals surface area contributed by atoms with Crippen LogP contribution in [0.15, 0.2) is 188 Å². The summed E-state index contributed by atoms with van der Waals surface area (Å²) in [6.07, 6.45) is 3.59. The molecule has 0 amide bonds. The van der Waals surface area contributed by atoms with Crippen molar-refractivity contribution in [3.63, 3.8) is 0 Å². The van der Waals surface area contributed by atoms with E-state index in [4.69, 9.17) is 9.97 Å². The van der Waals surface area contributed by atoms with Crippen LogP contribution < -0.4 is 0 Å². The first kappa shape index (κ1) is 32.8. The van der Waals surface area contributed by atoms with Gasteiger partial charge in [0.05, 0.1) is 22.1 Å². The summed E-state index contributed by atoms with van der Waals surface area (Å²) in [6, 6.07) is 64.8. The van der Waals surface area contributed by atoms with Crippen LogP contribution in [0.1, 0.15) is 25.0 Å². The Kier molecular flexibility index (Phi) is 6.98. The van der Waals surface area contributed by atoms with Crippen molar-refractivity contribution >= 4 is 54.4 Å². The molecular formula is C55H37N3. The third kappa shape index (κ3) is 4.80. The molecule has 0 atom stereocenters. The highest BCUT2D eigenvalue weighted by molar-refractivity contribution is 6.23. The fraction of sp³-hybridized carbons (Fsp3) is 0.0545. The van der Waals surface area contributed by atoms with E-state index in [1.165, 1.54) is 88.2 Å². The van der Waals surface area contributed by atoms with Crippen molar-refractivity contribution in [1.82, 2.24) is 14.5 Å². The Hall–Kier alpha value is -7.36. The van der Waals surface area contributed by atoms with Gasteiger partial charge in [0.2, 0.25) is 0 Å². The Morgan fingerprint density at radius 3 is 1.47 bits per heavy atom. The smallest absolute Gasteiger partial charge is 0.0971 e. The van der Waals surface area contributed by atoms with Gasteiger partial charge in [-0.2, -0.15) is 0 Å². The van der Waals surface area contributed by atoms with Gasteiger partial charge in [-0.25, -0.2) is 0 Å². The van der Waals surface area contributed by atoms with E-state index in [1.807, 2.05) is 0 Å². The number of nitrogens with zero attached hydrogens (tertiary/aromatic N) is 3. The van der Waals surface area contributed by atoms with Crippen LogP contribution in [0.3, 0.4) is 0 Å². The molecule has 0 bridgehead atoms. The zero-order chi connectivity index (χ0) is 38.5. The van der Waals surface area contributed by atoms with Gasteiger partial charge in [0.1, 0.15) is 0 Å². The van der Waals surface area contributed by atoms with Crippen LogP contribution in [-0.4, -0.2) is 14.5 Å². The standard InChI is InChI=1S/C55H37N3/c1-55(2)49-32-38(36-11-9-10-35(30-36)34-18-23-40(24-19-34)58-51-16-7-5-13-45(51)46-14-6-8-17-52(46)58)21-26-43(49)44-27-22-39(33-50(44)55)37-20-25-42-41-12-3-4-15-47(41)53-54(48(42)31-37)57-29-28-56-53/h3-33H,1-2H3. The van der Waals surface area contributed by atoms with E-state index in [1.54, 1.807) is 12.4 Å². The summed E-state index contributed by atoms with van der Waals surface area (Å²) in [7, 11) is 0. The van der Waals surface area contributed by atoms with Crippen molar-refractivity contribution in [2.75, 3.05) is 0 Å². The molecule has 0 saturated heterocycles. The number of benzene rings is 9. The predicted molar refractivity (Wildman–Crippen MR) is 243 cm³/mol. The van der Waals surface area contributed by atoms with Gasteiger partial charge in [0, 0.05) is 45.0 Å². The number of aromatic nitrogens is 3. The van der Waals surface area contributed by atoms with E-state index in [2.05, 4.69) is 194 Å². The predicted octanol–water partition coefficient (Wildman–Crippen LogP) is 14.3. The Labute approximate surface area is 336 Å². The maximum absolute atomic E-state index is 4.83. The molecule has 272 valence electrons. The molecule has 11 aromatic rings. The minimum absolute atomic E-state index is 0.165. The second-order valence-electron chi connectivity index (χ2n) is 16.2. The molecule has 1 aliphatic rings. The Balaban J connectivity index is 0.881. The van der Waals surface area contributed by atoms with Crippen molar-refractivity contribution in [2.24, 2.45) is 0 Å². The maximum atomic E-state index is 4.83. The van der Waals surface area contributed by atoms with E-state index in [-0.39, 0.29) is 5.41 Å². The molecule has 0 spiro atoms. The highest BCUT2D eigenvalue weighted by atomic mass is 15.0. The van der Waals surface area contributed by atoms with Crippen molar-refractivity contribution in [3.05, 3.63) is 199 Å². The number of fused-ring (bicyclic) bond motifs is 12. The molecule has 2 aromatic heterocycles. The molecule has 0 N–H and O–H groups in total. The number of hydrogen-bond donors (Lipinski definition) is 0. The maximum Gasteiger partial charge on any atom is 0.0971 e. The van der Waals surface area contributed by atoms with E-state index in [0.717, 1.165) is 27.5 Å². The van der Waals surface area contributed by atoms with Crippen LogP contribution in [0.5, 0.6) is 0 Å². The van der Waals surface area contributed by atoms with Gasteiger partial charge < -0.3 is 4.57 Å². The van der Waals surface area contributed by atoms with Gasteiger partial charge in [0.15, 0.2) is 0 Å². The highest BCUT2D eigenvalue weighted by Crippen LogP contribution is 2.51. The molecule has 12 rings (SSSR count). The van der Waals surface area contributed by atoms with E-state index < -0.39 is 0 Å². The highest BCUT2D eigenvalue weighted by Gasteiger charge is 2.36. The van der Waals surface area contributed by atoms with Gasteiger partial charge in [0.25, 0.3) is 0 Å². The summed E-state index contributed by atoms with van der Waals surface area (Å²) in [5.41, 5.74) is 18.0. The lowest BCUT2D eigenvalue weighted by atomic mass is 9.80. The van der Waals surface area contributed by atoms with Crippen LogP contribution in [0.4, 0.5) is 0 Å². The van der Waals surface area contributed by atoms with Gasteiger partial charge in [-0.05, 0) is 115 Å². The van der Waals surface area contributed by atoms with E-state index >= 15 is 0 Å². The fourth-order valence-electron chi connectivity index (χ4n) is 9.79. The minimum Gasteiger partial charge on any atom is -0.309 e. The van der Waals surface area contributed by atoms with E-state index in [0.29, 0.717) is 0 Å². The average molecular weight is 740 g/mol. The van der Waals surface area contributed by atoms with Crippen LogP contribution in [0, 0.1) is 0 Å². The Morgan fingerprint density at radius 1 is 0.362 bits per heavy atom. The summed E-state index contributed by atoms with van der Waals surface area (Å²) < 4.78 is 2.37. The van der Waals surface area contributed by atoms with Crippen LogP contribution in [0.25, 0.3) is 105 Å². The molecule has 2 heterocycles. The lowest BCUT2D eigenvalue weighted by molar-refractivity contribution is 0.661. The van der Waals surface area contributed by atoms with Crippen molar-refractivity contribution < 1.29 is 0 Å². The third-order valence-electron chi connectivity index (χ3n) is 12.7. The number of para-hydroxylation sites is 2. The van der Waals surface area contributed by atoms with Crippen LogP contribution in [-0.2, 0) is 5.41 Å². The number of hydrogen-bond acceptors (Lipinski definition) is 2. The lowest BCUT2D eigenvalue weighted by Crippen LogP contribution is -2.15. The molecule has 3 heteroatoms. The quantitative estimate of drug-likeness (QED) is 0.168. The van der Waals surface area contributed by atoms with Crippen LogP contribution in [0.2, 0.25) is 0 Å². The molecule has 0 saturated carbocycles. The molecule has 0 aliphatic heterocycles. The third-order valence-corrected chi connectivity index (χ3v) is 12.7. The Morgan fingerprint density at radius 2 is 0.828 bits per heavy atom. The topological polar surface area (TPSA) is 30.7 Å². The summed E-state index contributed by atoms with van der Waals surface area (Å²) in [6.45, 7) is 4.74. The van der Waals surface area contributed by atoms with Crippen molar-refractivity contribution in [3.8, 4) is 50.2 Å². The first-order chi connectivity index (χ1) is 28.5. The Bertz CT molecular complexity index is 3390. The molecule has 0 unspecified atom stereocenters.